The minimum atomic E-state index is 0. The molecule has 7 heteroatoms. The lowest BCUT2D eigenvalue weighted by atomic mass is 9.99. The Balaban J connectivity index is 0.00000264. The number of aliphatic imine (C=N–C) groups is 1. The summed E-state index contributed by atoms with van der Waals surface area (Å²) in [5.74, 6) is 1.64. The van der Waals surface area contributed by atoms with E-state index in [9.17, 15) is 0 Å². The zero-order valence-corrected chi connectivity index (χ0v) is 17.8. The van der Waals surface area contributed by atoms with Crippen molar-refractivity contribution in [1.29, 1.82) is 0 Å². The molecule has 0 radical (unpaired) electrons. The van der Waals surface area contributed by atoms with Crippen LogP contribution in [0.4, 0.5) is 0 Å². The predicted molar refractivity (Wildman–Crippen MR) is 110 cm³/mol. The SMILES string of the molecule is CCNC(=NCc1sc(C)nc1C)NCC1CCCN(C)C1.I. The van der Waals surface area contributed by atoms with Crippen molar-refractivity contribution >= 4 is 41.3 Å². The molecule has 1 aliphatic rings. The van der Waals surface area contributed by atoms with Crippen LogP contribution in [0.1, 0.15) is 35.3 Å². The molecule has 0 aliphatic carbocycles. The van der Waals surface area contributed by atoms with Gasteiger partial charge in [-0.05, 0) is 53.1 Å². The molecule has 0 spiro atoms. The summed E-state index contributed by atoms with van der Waals surface area (Å²) in [4.78, 5) is 12.9. The molecule has 2 heterocycles. The van der Waals surface area contributed by atoms with Gasteiger partial charge in [0.2, 0.25) is 0 Å². The Morgan fingerprint density at radius 1 is 1.39 bits per heavy atom. The first kappa shape index (κ1) is 20.6. The van der Waals surface area contributed by atoms with Gasteiger partial charge >= 0.3 is 0 Å². The largest absolute Gasteiger partial charge is 0.357 e. The zero-order chi connectivity index (χ0) is 15.9. The fourth-order valence-corrected chi connectivity index (χ4v) is 3.76. The van der Waals surface area contributed by atoms with E-state index in [-0.39, 0.29) is 24.0 Å². The van der Waals surface area contributed by atoms with E-state index in [1.807, 2.05) is 6.92 Å². The van der Waals surface area contributed by atoms with Crippen LogP contribution in [0.2, 0.25) is 0 Å². The molecular weight excluding hydrogens is 421 g/mol. The zero-order valence-electron chi connectivity index (χ0n) is 14.7. The first-order valence-corrected chi connectivity index (χ1v) is 9.03. The number of guanidine groups is 1. The second kappa shape index (κ2) is 10.5. The van der Waals surface area contributed by atoms with Crippen LogP contribution in [0.15, 0.2) is 4.99 Å². The van der Waals surface area contributed by atoms with Crippen molar-refractivity contribution in [1.82, 2.24) is 20.5 Å². The maximum absolute atomic E-state index is 4.71. The van der Waals surface area contributed by atoms with Crippen molar-refractivity contribution in [3.63, 3.8) is 0 Å². The van der Waals surface area contributed by atoms with E-state index < -0.39 is 0 Å². The van der Waals surface area contributed by atoms with Gasteiger partial charge in [0.1, 0.15) is 0 Å². The third kappa shape index (κ3) is 6.93. The molecule has 2 rings (SSSR count). The third-order valence-electron chi connectivity index (χ3n) is 4.00. The molecule has 23 heavy (non-hydrogen) atoms. The van der Waals surface area contributed by atoms with Crippen LogP contribution in [-0.4, -0.2) is 49.1 Å². The van der Waals surface area contributed by atoms with Gasteiger partial charge in [0.05, 0.1) is 17.2 Å². The van der Waals surface area contributed by atoms with Crippen molar-refractivity contribution in [2.75, 3.05) is 33.2 Å². The summed E-state index contributed by atoms with van der Waals surface area (Å²) in [5, 5.41) is 7.96. The van der Waals surface area contributed by atoms with Crippen LogP contribution < -0.4 is 10.6 Å². The molecule has 1 aromatic rings. The van der Waals surface area contributed by atoms with Crippen molar-refractivity contribution < 1.29 is 0 Å². The Labute approximate surface area is 161 Å². The first-order valence-electron chi connectivity index (χ1n) is 8.22. The average Bonchev–Trinajstić information content (AvgIpc) is 2.80. The summed E-state index contributed by atoms with van der Waals surface area (Å²) >= 11 is 1.74. The van der Waals surface area contributed by atoms with Gasteiger partial charge in [-0.1, -0.05) is 0 Å². The summed E-state index contributed by atoms with van der Waals surface area (Å²) in [6.45, 7) is 11.2. The molecule has 1 aromatic heterocycles. The average molecular weight is 451 g/mol. The summed E-state index contributed by atoms with van der Waals surface area (Å²) in [5.41, 5.74) is 1.11. The molecule has 1 fully saturated rings. The van der Waals surface area contributed by atoms with Crippen LogP contribution in [0.3, 0.4) is 0 Å². The van der Waals surface area contributed by atoms with Gasteiger partial charge in [0.25, 0.3) is 0 Å². The second-order valence-electron chi connectivity index (χ2n) is 6.09. The first-order chi connectivity index (χ1) is 10.6. The van der Waals surface area contributed by atoms with E-state index in [4.69, 9.17) is 4.99 Å². The van der Waals surface area contributed by atoms with Crippen molar-refractivity contribution in [3.8, 4) is 0 Å². The maximum Gasteiger partial charge on any atom is 0.191 e. The highest BCUT2D eigenvalue weighted by atomic mass is 127. The van der Waals surface area contributed by atoms with E-state index in [0.717, 1.165) is 35.7 Å². The fraction of sp³-hybridized carbons (Fsp3) is 0.750. The van der Waals surface area contributed by atoms with E-state index in [1.165, 1.54) is 30.8 Å². The van der Waals surface area contributed by atoms with Gasteiger partial charge in [0, 0.05) is 24.5 Å². The molecular formula is C16H30IN5S. The topological polar surface area (TPSA) is 52.6 Å². The molecule has 1 atom stereocenters. The minimum Gasteiger partial charge on any atom is -0.357 e. The predicted octanol–water partition coefficient (Wildman–Crippen LogP) is 2.77. The monoisotopic (exact) mass is 451 g/mol. The molecule has 0 amide bonds. The highest BCUT2D eigenvalue weighted by Crippen LogP contribution is 2.18. The molecule has 132 valence electrons. The number of hydrogen-bond acceptors (Lipinski definition) is 4. The molecule has 5 nitrogen and oxygen atoms in total. The number of nitrogens with one attached hydrogen (secondary N) is 2. The summed E-state index contributed by atoms with van der Waals surface area (Å²) in [6, 6.07) is 0. The van der Waals surface area contributed by atoms with Crippen molar-refractivity contribution in [2.45, 2.75) is 40.2 Å². The van der Waals surface area contributed by atoms with Crippen molar-refractivity contribution in [3.05, 3.63) is 15.6 Å². The van der Waals surface area contributed by atoms with E-state index in [1.54, 1.807) is 11.3 Å². The smallest absolute Gasteiger partial charge is 0.191 e. The van der Waals surface area contributed by atoms with Gasteiger partial charge in [-0.2, -0.15) is 0 Å². The van der Waals surface area contributed by atoms with Crippen molar-refractivity contribution in [2.24, 2.45) is 10.9 Å². The molecule has 0 saturated carbocycles. The van der Waals surface area contributed by atoms with Gasteiger partial charge in [-0.15, -0.1) is 35.3 Å². The summed E-state index contributed by atoms with van der Waals surface area (Å²) < 4.78 is 0. The second-order valence-corrected chi connectivity index (χ2v) is 7.38. The molecule has 0 bridgehead atoms. The van der Waals surface area contributed by atoms with E-state index in [2.05, 4.69) is 41.4 Å². The lowest BCUT2D eigenvalue weighted by Crippen LogP contribution is -2.43. The number of thiazole rings is 1. The number of likely N-dealkylation sites (tertiary alicyclic amines) is 1. The Hall–Kier alpha value is -0.410. The van der Waals surface area contributed by atoms with Gasteiger partial charge in [0.15, 0.2) is 5.96 Å². The number of hydrogen-bond donors (Lipinski definition) is 2. The normalized spacial score (nSPS) is 19.3. The highest BCUT2D eigenvalue weighted by Gasteiger charge is 2.17. The number of piperidine rings is 1. The number of rotatable bonds is 5. The lowest BCUT2D eigenvalue weighted by Gasteiger charge is -2.30. The lowest BCUT2D eigenvalue weighted by molar-refractivity contribution is 0.210. The molecule has 1 saturated heterocycles. The van der Waals surface area contributed by atoms with Crippen LogP contribution in [-0.2, 0) is 6.54 Å². The standard InChI is InChI=1S/C16H29N5S.HI/c1-5-17-16(18-9-14-7-6-8-21(4)11-14)19-10-15-12(2)20-13(3)22-15;/h14H,5-11H2,1-4H3,(H2,17,18,19);1H. The quantitative estimate of drug-likeness (QED) is 0.411. The van der Waals surface area contributed by atoms with E-state index >= 15 is 0 Å². The summed E-state index contributed by atoms with van der Waals surface area (Å²) in [6.07, 6.45) is 2.61. The van der Waals surface area contributed by atoms with Gasteiger partial charge in [-0.3, -0.25) is 0 Å². The minimum absolute atomic E-state index is 0. The Bertz CT molecular complexity index is 503. The third-order valence-corrected chi connectivity index (χ3v) is 5.06. The number of halogens is 1. The number of aryl methyl sites for hydroxylation is 2. The van der Waals surface area contributed by atoms with Crippen LogP contribution in [0, 0.1) is 19.8 Å². The summed E-state index contributed by atoms with van der Waals surface area (Å²) in [7, 11) is 2.21. The Morgan fingerprint density at radius 2 is 2.17 bits per heavy atom. The molecule has 1 unspecified atom stereocenters. The van der Waals surface area contributed by atoms with E-state index in [0.29, 0.717) is 6.54 Å². The Kier molecular flexibility index (Phi) is 9.38. The molecule has 1 aliphatic heterocycles. The fourth-order valence-electron chi connectivity index (χ4n) is 2.89. The number of aromatic nitrogens is 1. The van der Waals surface area contributed by atoms with Gasteiger partial charge in [-0.25, -0.2) is 9.98 Å². The van der Waals surface area contributed by atoms with Crippen LogP contribution in [0.5, 0.6) is 0 Å². The maximum atomic E-state index is 4.71. The Morgan fingerprint density at radius 3 is 2.78 bits per heavy atom. The van der Waals surface area contributed by atoms with Crippen LogP contribution in [0.25, 0.3) is 0 Å². The highest BCUT2D eigenvalue weighted by molar-refractivity contribution is 14.0. The van der Waals surface area contributed by atoms with Crippen LogP contribution >= 0.6 is 35.3 Å². The number of nitrogens with zero attached hydrogens (tertiary/aromatic N) is 3. The molecule has 2 N–H and O–H groups in total. The molecule has 0 aromatic carbocycles. The van der Waals surface area contributed by atoms with Gasteiger partial charge < -0.3 is 15.5 Å².